The van der Waals surface area contributed by atoms with Crippen molar-refractivity contribution in [2.45, 2.75) is 6.54 Å². The number of ether oxygens (including phenoxy) is 1. The molecule has 1 amide bonds. The summed E-state index contributed by atoms with van der Waals surface area (Å²) < 4.78 is 5.15. The van der Waals surface area contributed by atoms with E-state index in [1.807, 2.05) is 53.9 Å². The molecule has 0 atom stereocenters. The molecule has 0 aliphatic carbocycles. The largest absolute Gasteiger partial charge is 0.497 e. The summed E-state index contributed by atoms with van der Waals surface area (Å²) in [5.41, 5.74) is 2.65. The third-order valence-corrected chi connectivity index (χ3v) is 6.23. The summed E-state index contributed by atoms with van der Waals surface area (Å²) >= 11 is 7.49. The highest BCUT2D eigenvalue weighted by molar-refractivity contribution is 7.13. The van der Waals surface area contributed by atoms with E-state index in [9.17, 15) is 4.79 Å². The standard InChI is InChI=1S/C22H23ClN4O2S/c1-29-19-8-2-16(3-9-19)14-24-21(28)20-15-30-22(25-20)27-12-10-26(11-13-27)18-6-4-17(23)5-7-18/h2-9,15H,10-14H2,1H3,(H,24,28). The summed E-state index contributed by atoms with van der Waals surface area (Å²) in [4.78, 5) is 21.6. The van der Waals surface area contributed by atoms with E-state index in [4.69, 9.17) is 16.3 Å². The predicted molar refractivity (Wildman–Crippen MR) is 122 cm³/mol. The predicted octanol–water partition coefficient (Wildman–Crippen LogP) is 4.06. The van der Waals surface area contributed by atoms with E-state index in [2.05, 4.69) is 20.1 Å². The number of benzene rings is 2. The van der Waals surface area contributed by atoms with Crippen LogP contribution in [0.15, 0.2) is 53.9 Å². The highest BCUT2D eigenvalue weighted by atomic mass is 35.5. The Hall–Kier alpha value is -2.77. The molecule has 0 spiro atoms. The van der Waals surface area contributed by atoms with Gasteiger partial charge in [-0.05, 0) is 42.0 Å². The molecule has 0 unspecified atom stereocenters. The lowest BCUT2D eigenvalue weighted by Crippen LogP contribution is -2.46. The zero-order valence-corrected chi connectivity index (χ0v) is 18.2. The molecule has 1 N–H and O–H groups in total. The van der Waals surface area contributed by atoms with Crippen LogP contribution in [-0.2, 0) is 6.54 Å². The molecule has 2 aromatic carbocycles. The van der Waals surface area contributed by atoms with Crippen LogP contribution in [0.5, 0.6) is 5.75 Å². The minimum atomic E-state index is -0.159. The maximum atomic E-state index is 12.5. The Morgan fingerprint density at radius 3 is 2.40 bits per heavy atom. The lowest BCUT2D eigenvalue weighted by molar-refractivity contribution is 0.0946. The number of halogens is 1. The molecular weight excluding hydrogens is 420 g/mol. The van der Waals surface area contributed by atoms with Crippen LogP contribution in [0.25, 0.3) is 0 Å². The monoisotopic (exact) mass is 442 g/mol. The highest BCUT2D eigenvalue weighted by Crippen LogP contribution is 2.25. The first-order valence-electron chi connectivity index (χ1n) is 9.74. The molecule has 1 aliphatic rings. The van der Waals surface area contributed by atoms with E-state index in [-0.39, 0.29) is 5.91 Å². The number of aromatic nitrogens is 1. The van der Waals surface area contributed by atoms with Gasteiger partial charge in [-0.1, -0.05) is 23.7 Å². The fraction of sp³-hybridized carbons (Fsp3) is 0.273. The second kappa shape index (κ2) is 9.36. The van der Waals surface area contributed by atoms with E-state index in [1.54, 1.807) is 7.11 Å². The zero-order chi connectivity index (χ0) is 20.9. The normalized spacial score (nSPS) is 13.9. The summed E-state index contributed by atoms with van der Waals surface area (Å²) in [6.45, 7) is 3.99. The van der Waals surface area contributed by atoms with Crippen LogP contribution in [0.4, 0.5) is 10.8 Å². The Balaban J connectivity index is 1.30. The summed E-state index contributed by atoms with van der Waals surface area (Å²) in [6, 6.07) is 15.6. The third kappa shape index (κ3) is 4.86. The van der Waals surface area contributed by atoms with E-state index in [0.717, 1.165) is 47.6 Å². The van der Waals surface area contributed by atoms with Gasteiger partial charge in [0.05, 0.1) is 7.11 Å². The number of carbonyl (C=O) groups is 1. The summed E-state index contributed by atoms with van der Waals surface area (Å²) in [6.07, 6.45) is 0. The number of amides is 1. The molecular formula is C22H23ClN4O2S. The second-order valence-electron chi connectivity index (χ2n) is 7.00. The van der Waals surface area contributed by atoms with Gasteiger partial charge in [-0.3, -0.25) is 4.79 Å². The van der Waals surface area contributed by atoms with Crippen LogP contribution >= 0.6 is 22.9 Å². The van der Waals surface area contributed by atoms with E-state index >= 15 is 0 Å². The highest BCUT2D eigenvalue weighted by Gasteiger charge is 2.21. The lowest BCUT2D eigenvalue weighted by Gasteiger charge is -2.36. The Bertz CT molecular complexity index is 983. The minimum Gasteiger partial charge on any atom is -0.497 e. The molecule has 1 saturated heterocycles. The number of piperazine rings is 1. The topological polar surface area (TPSA) is 57.7 Å². The molecule has 0 saturated carbocycles. The van der Waals surface area contributed by atoms with Gasteiger partial charge < -0.3 is 19.9 Å². The molecule has 4 rings (SSSR count). The number of hydrogen-bond donors (Lipinski definition) is 1. The third-order valence-electron chi connectivity index (χ3n) is 5.08. The number of methoxy groups -OCH3 is 1. The molecule has 6 nitrogen and oxygen atoms in total. The van der Waals surface area contributed by atoms with Gasteiger partial charge in [-0.2, -0.15) is 0 Å². The number of thiazole rings is 1. The van der Waals surface area contributed by atoms with Crippen LogP contribution in [0.2, 0.25) is 5.02 Å². The van der Waals surface area contributed by atoms with Gasteiger partial charge in [0.1, 0.15) is 11.4 Å². The van der Waals surface area contributed by atoms with Gasteiger partial charge in [-0.25, -0.2) is 4.98 Å². The number of nitrogens with one attached hydrogen (secondary N) is 1. The van der Waals surface area contributed by atoms with Gasteiger partial charge in [0.2, 0.25) is 0 Å². The Kier molecular flexibility index (Phi) is 6.40. The lowest BCUT2D eigenvalue weighted by atomic mass is 10.2. The second-order valence-corrected chi connectivity index (χ2v) is 8.27. The van der Waals surface area contributed by atoms with Crippen LogP contribution in [0.3, 0.4) is 0 Å². The molecule has 30 heavy (non-hydrogen) atoms. The Morgan fingerprint density at radius 2 is 1.73 bits per heavy atom. The Morgan fingerprint density at radius 1 is 1.07 bits per heavy atom. The molecule has 3 aromatic rings. The van der Waals surface area contributed by atoms with E-state index < -0.39 is 0 Å². The van der Waals surface area contributed by atoms with E-state index in [0.29, 0.717) is 12.2 Å². The summed E-state index contributed by atoms with van der Waals surface area (Å²) in [7, 11) is 1.63. The number of anilines is 2. The summed E-state index contributed by atoms with van der Waals surface area (Å²) in [5.74, 6) is 0.637. The molecule has 1 aromatic heterocycles. The molecule has 8 heteroatoms. The average Bonchev–Trinajstić information content (AvgIpc) is 3.29. The average molecular weight is 443 g/mol. The van der Waals surface area contributed by atoms with E-state index in [1.165, 1.54) is 17.0 Å². The van der Waals surface area contributed by atoms with Crippen LogP contribution in [0, 0.1) is 0 Å². The van der Waals surface area contributed by atoms with Crippen LogP contribution < -0.4 is 19.9 Å². The molecule has 1 fully saturated rings. The number of rotatable bonds is 6. The maximum absolute atomic E-state index is 12.5. The molecule has 1 aliphatic heterocycles. The molecule has 0 radical (unpaired) electrons. The first-order valence-corrected chi connectivity index (χ1v) is 11.0. The molecule has 2 heterocycles. The van der Waals surface area contributed by atoms with Crippen molar-refractivity contribution in [3.05, 3.63) is 70.2 Å². The van der Waals surface area contributed by atoms with Crippen LogP contribution in [-0.4, -0.2) is 44.2 Å². The summed E-state index contributed by atoms with van der Waals surface area (Å²) in [5, 5.41) is 6.39. The van der Waals surface area contributed by atoms with Crippen molar-refractivity contribution in [3.8, 4) is 5.75 Å². The number of carbonyl (C=O) groups excluding carboxylic acids is 1. The van der Waals surface area contributed by atoms with Crippen LogP contribution in [0.1, 0.15) is 16.1 Å². The maximum Gasteiger partial charge on any atom is 0.271 e. The molecule has 0 bridgehead atoms. The van der Waals surface area contributed by atoms with Gasteiger partial charge in [-0.15, -0.1) is 11.3 Å². The van der Waals surface area contributed by atoms with Gasteiger partial charge in [0, 0.05) is 48.8 Å². The van der Waals surface area contributed by atoms with Gasteiger partial charge in [0.25, 0.3) is 5.91 Å². The quantitative estimate of drug-likeness (QED) is 0.623. The first kappa shape index (κ1) is 20.5. The number of hydrogen-bond acceptors (Lipinski definition) is 6. The number of nitrogens with zero attached hydrogens (tertiary/aromatic N) is 3. The van der Waals surface area contributed by atoms with Crippen molar-refractivity contribution in [1.29, 1.82) is 0 Å². The van der Waals surface area contributed by atoms with Crippen molar-refractivity contribution in [3.63, 3.8) is 0 Å². The molecule has 156 valence electrons. The first-order chi connectivity index (χ1) is 14.6. The minimum absolute atomic E-state index is 0.159. The van der Waals surface area contributed by atoms with Gasteiger partial charge in [0.15, 0.2) is 5.13 Å². The fourth-order valence-electron chi connectivity index (χ4n) is 3.34. The van der Waals surface area contributed by atoms with Crippen molar-refractivity contribution < 1.29 is 9.53 Å². The SMILES string of the molecule is COc1ccc(CNC(=O)c2csc(N3CCN(c4ccc(Cl)cc4)CC3)n2)cc1. The van der Waals surface area contributed by atoms with Crippen molar-refractivity contribution in [1.82, 2.24) is 10.3 Å². The van der Waals surface area contributed by atoms with Crippen molar-refractivity contribution in [2.75, 3.05) is 43.1 Å². The van der Waals surface area contributed by atoms with Crippen molar-refractivity contribution in [2.24, 2.45) is 0 Å². The van der Waals surface area contributed by atoms with Crippen molar-refractivity contribution >= 4 is 39.7 Å². The van der Waals surface area contributed by atoms with Gasteiger partial charge >= 0.3 is 0 Å². The zero-order valence-electron chi connectivity index (χ0n) is 16.7. The fourth-order valence-corrected chi connectivity index (χ4v) is 4.32. The Labute approximate surface area is 185 Å². The smallest absolute Gasteiger partial charge is 0.271 e.